The highest BCUT2D eigenvalue weighted by Crippen LogP contribution is 2.31. The number of hydrogen-bond acceptors (Lipinski definition) is 4. The molecule has 3 aromatic rings. The predicted octanol–water partition coefficient (Wildman–Crippen LogP) is 3.70. The van der Waals surface area contributed by atoms with Crippen molar-refractivity contribution in [3.05, 3.63) is 89.2 Å². The summed E-state index contributed by atoms with van der Waals surface area (Å²) >= 11 is 0. The molecule has 0 aliphatic carbocycles. The number of benzene rings is 2. The van der Waals surface area contributed by atoms with E-state index in [0.717, 1.165) is 11.6 Å². The number of nitrogens with one attached hydrogen (secondary N) is 2. The molecule has 8 heteroatoms. The van der Waals surface area contributed by atoms with Crippen molar-refractivity contribution in [1.29, 1.82) is 5.41 Å². The zero-order valence-electron chi connectivity index (χ0n) is 16.9. The lowest BCUT2D eigenvalue weighted by Gasteiger charge is -2.20. The van der Waals surface area contributed by atoms with Gasteiger partial charge in [-0.3, -0.25) is 15.2 Å². The van der Waals surface area contributed by atoms with Crippen molar-refractivity contribution in [3.63, 3.8) is 0 Å². The fraction of sp³-hybridized carbons (Fsp3) is 0.174. The Morgan fingerprint density at radius 3 is 2.55 bits per heavy atom. The minimum Gasteiger partial charge on any atom is -0.384 e. The Morgan fingerprint density at radius 2 is 1.94 bits per heavy atom. The van der Waals surface area contributed by atoms with Crippen molar-refractivity contribution in [2.24, 2.45) is 5.73 Å². The number of ether oxygens (including phenoxy) is 1. The number of pyridine rings is 1. The van der Waals surface area contributed by atoms with Crippen LogP contribution in [0, 0.1) is 17.0 Å². The Morgan fingerprint density at radius 1 is 1.19 bits per heavy atom. The molecule has 0 unspecified atom stereocenters. The fourth-order valence-corrected chi connectivity index (χ4v) is 3.10. The van der Waals surface area contributed by atoms with Gasteiger partial charge in [-0.1, -0.05) is 30.3 Å². The largest absolute Gasteiger partial charge is 0.384 e. The molecule has 1 atom stereocenters. The summed E-state index contributed by atoms with van der Waals surface area (Å²) in [6.45, 7) is 1.84. The molecule has 0 saturated carbocycles. The average Bonchev–Trinajstić information content (AvgIpc) is 2.77. The van der Waals surface area contributed by atoms with E-state index in [2.05, 4.69) is 10.3 Å². The number of nitrogens with zero attached hydrogens (tertiary/aromatic N) is 1. The second kappa shape index (κ2) is 9.90. The third-order valence-corrected chi connectivity index (χ3v) is 4.66. The third-order valence-electron chi connectivity index (χ3n) is 4.66. The lowest BCUT2D eigenvalue weighted by Crippen LogP contribution is -2.31. The highest BCUT2D eigenvalue weighted by atomic mass is 19.1. The van der Waals surface area contributed by atoms with Gasteiger partial charge in [0.2, 0.25) is 0 Å². The number of hydrogen-bond donors (Lipinski definition) is 3. The normalized spacial score (nSPS) is 11.7. The van der Waals surface area contributed by atoms with E-state index in [0.29, 0.717) is 11.1 Å². The second-order valence-electron chi connectivity index (χ2n) is 6.73. The van der Waals surface area contributed by atoms with E-state index in [1.165, 1.54) is 12.3 Å². The SMILES string of the molecule is CCO[C@H](C(=O)NCc1ccc(C(=N)N)cc1)c1c(F)ccc(-c2cccnc2)c1F. The first-order valence-electron chi connectivity index (χ1n) is 9.63. The van der Waals surface area contributed by atoms with Crippen molar-refractivity contribution in [1.82, 2.24) is 10.3 Å². The zero-order valence-corrected chi connectivity index (χ0v) is 16.9. The number of rotatable bonds is 8. The van der Waals surface area contributed by atoms with Gasteiger partial charge in [-0.25, -0.2) is 8.78 Å². The van der Waals surface area contributed by atoms with Crippen LogP contribution in [0.3, 0.4) is 0 Å². The smallest absolute Gasteiger partial charge is 0.254 e. The maximum absolute atomic E-state index is 15.3. The monoisotopic (exact) mass is 424 g/mol. The van der Waals surface area contributed by atoms with Crippen molar-refractivity contribution >= 4 is 11.7 Å². The molecule has 2 aromatic carbocycles. The molecule has 0 fully saturated rings. The van der Waals surface area contributed by atoms with Gasteiger partial charge in [0.25, 0.3) is 5.91 Å². The molecule has 1 heterocycles. The molecule has 0 radical (unpaired) electrons. The van der Waals surface area contributed by atoms with Gasteiger partial charge in [-0.2, -0.15) is 0 Å². The Bertz CT molecular complexity index is 1070. The fourth-order valence-electron chi connectivity index (χ4n) is 3.10. The van der Waals surface area contributed by atoms with E-state index in [-0.39, 0.29) is 24.6 Å². The number of carbonyl (C=O) groups is 1. The van der Waals surface area contributed by atoms with E-state index in [1.807, 2.05) is 0 Å². The van der Waals surface area contributed by atoms with E-state index in [1.54, 1.807) is 49.5 Å². The molecule has 0 aliphatic heterocycles. The van der Waals surface area contributed by atoms with E-state index in [4.69, 9.17) is 15.9 Å². The number of nitrogens with two attached hydrogens (primary N) is 1. The van der Waals surface area contributed by atoms with Crippen molar-refractivity contribution in [2.45, 2.75) is 19.6 Å². The van der Waals surface area contributed by atoms with Crippen LogP contribution in [0.15, 0.2) is 60.9 Å². The minimum absolute atomic E-state index is 0.0635. The number of nitrogen functional groups attached to an aromatic ring is 1. The number of amides is 1. The highest BCUT2D eigenvalue weighted by molar-refractivity contribution is 5.94. The van der Waals surface area contributed by atoms with Crippen LogP contribution in [-0.4, -0.2) is 23.3 Å². The second-order valence-corrected chi connectivity index (χ2v) is 6.73. The quantitative estimate of drug-likeness (QED) is 0.379. The van der Waals surface area contributed by atoms with Crippen LogP contribution in [0.5, 0.6) is 0 Å². The Kier molecular flexibility index (Phi) is 7.04. The average molecular weight is 424 g/mol. The summed E-state index contributed by atoms with van der Waals surface area (Å²) < 4.78 is 35.3. The molecular formula is C23H22F2N4O2. The number of aromatic nitrogens is 1. The molecule has 0 bridgehead atoms. The lowest BCUT2D eigenvalue weighted by molar-refractivity contribution is -0.133. The van der Waals surface area contributed by atoms with E-state index >= 15 is 4.39 Å². The molecule has 3 rings (SSSR count). The first kappa shape index (κ1) is 22.0. The molecule has 6 nitrogen and oxygen atoms in total. The predicted molar refractivity (Wildman–Crippen MR) is 113 cm³/mol. The molecule has 0 saturated heterocycles. The van der Waals surface area contributed by atoms with Crippen LogP contribution in [-0.2, 0) is 16.1 Å². The Hall–Kier alpha value is -3.65. The first-order chi connectivity index (χ1) is 14.9. The van der Waals surface area contributed by atoms with Crippen LogP contribution in [0.4, 0.5) is 8.78 Å². The Labute approximate surface area is 178 Å². The van der Waals surface area contributed by atoms with Crippen LogP contribution in [0.2, 0.25) is 0 Å². The van der Waals surface area contributed by atoms with Gasteiger partial charge in [-0.05, 0) is 30.7 Å². The van der Waals surface area contributed by atoms with Gasteiger partial charge >= 0.3 is 0 Å². The van der Waals surface area contributed by atoms with Crippen molar-refractivity contribution in [2.75, 3.05) is 6.61 Å². The number of halogens is 2. The molecule has 0 spiro atoms. The van der Waals surface area contributed by atoms with Crippen LogP contribution in [0.1, 0.15) is 29.7 Å². The van der Waals surface area contributed by atoms with Crippen molar-refractivity contribution < 1.29 is 18.3 Å². The van der Waals surface area contributed by atoms with Gasteiger partial charge in [0.05, 0.1) is 5.56 Å². The molecule has 160 valence electrons. The number of amidine groups is 1. The van der Waals surface area contributed by atoms with Crippen LogP contribution < -0.4 is 11.1 Å². The minimum atomic E-state index is -1.46. The summed E-state index contributed by atoms with van der Waals surface area (Å²) in [4.78, 5) is 16.8. The summed E-state index contributed by atoms with van der Waals surface area (Å²) in [7, 11) is 0. The third kappa shape index (κ3) is 5.10. The molecular weight excluding hydrogens is 402 g/mol. The standard InChI is InChI=1S/C23H22F2N4O2/c1-2-31-21(23(30)29-12-14-5-7-15(8-6-14)22(26)27)19-18(24)10-9-17(20(19)25)16-4-3-11-28-13-16/h3-11,13,21H,2,12H2,1H3,(H3,26,27)(H,29,30)/t21-/m0/s1. The maximum atomic E-state index is 15.3. The summed E-state index contributed by atoms with van der Waals surface area (Å²) in [6, 6.07) is 12.4. The molecule has 1 amide bonds. The van der Waals surface area contributed by atoms with Gasteiger partial charge in [0, 0.05) is 42.2 Å². The van der Waals surface area contributed by atoms with Gasteiger partial charge < -0.3 is 15.8 Å². The van der Waals surface area contributed by atoms with Crippen LogP contribution in [0.25, 0.3) is 11.1 Å². The summed E-state index contributed by atoms with van der Waals surface area (Å²) in [6.07, 6.45) is 1.55. The van der Waals surface area contributed by atoms with E-state index in [9.17, 15) is 9.18 Å². The van der Waals surface area contributed by atoms with Gasteiger partial charge in [0.15, 0.2) is 6.10 Å². The van der Waals surface area contributed by atoms with Gasteiger partial charge in [-0.15, -0.1) is 0 Å². The molecule has 0 aliphatic rings. The maximum Gasteiger partial charge on any atom is 0.254 e. The lowest BCUT2D eigenvalue weighted by atomic mass is 9.99. The van der Waals surface area contributed by atoms with Crippen LogP contribution >= 0.6 is 0 Å². The number of carbonyl (C=O) groups excluding carboxylic acids is 1. The van der Waals surface area contributed by atoms with Gasteiger partial charge in [0.1, 0.15) is 17.5 Å². The molecule has 4 N–H and O–H groups in total. The molecule has 31 heavy (non-hydrogen) atoms. The summed E-state index contributed by atoms with van der Waals surface area (Å²) in [5.74, 6) is -2.47. The topological polar surface area (TPSA) is 101 Å². The molecule has 1 aromatic heterocycles. The first-order valence-corrected chi connectivity index (χ1v) is 9.63. The highest BCUT2D eigenvalue weighted by Gasteiger charge is 2.29. The van der Waals surface area contributed by atoms with E-state index < -0.39 is 29.2 Å². The zero-order chi connectivity index (χ0) is 22.4. The Balaban J connectivity index is 1.85. The van der Waals surface area contributed by atoms with Crippen molar-refractivity contribution in [3.8, 4) is 11.1 Å². The summed E-state index contributed by atoms with van der Waals surface area (Å²) in [5.41, 5.74) is 6.85. The summed E-state index contributed by atoms with van der Waals surface area (Å²) in [5, 5.41) is 10.1.